The van der Waals surface area contributed by atoms with Gasteiger partial charge in [0.2, 0.25) is 11.8 Å². The highest BCUT2D eigenvalue weighted by Gasteiger charge is 2.21. The third-order valence-corrected chi connectivity index (χ3v) is 2.40. The van der Waals surface area contributed by atoms with Gasteiger partial charge in [0.15, 0.2) is 0 Å². The molecule has 0 aliphatic rings. The van der Waals surface area contributed by atoms with Crippen LogP contribution in [0.2, 0.25) is 0 Å². The summed E-state index contributed by atoms with van der Waals surface area (Å²) >= 11 is 0. The normalized spacial score (nSPS) is 10.8. The van der Waals surface area contributed by atoms with E-state index in [1.807, 2.05) is 0 Å². The van der Waals surface area contributed by atoms with Crippen LogP contribution in [0.3, 0.4) is 0 Å². The second-order valence-electron chi connectivity index (χ2n) is 5.40. The zero-order valence-corrected chi connectivity index (χ0v) is 11.7. The van der Waals surface area contributed by atoms with E-state index in [1.54, 1.807) is 45.0 Å². The third-order valence-electron chi connectivity index (χ3n) is 2.40. The van der Waals surface area contributed by atoms with Crippen LogP contribution in [0, 0.1) is 5.41 Å². The van der Waals surface area contributed by atoms with Gasteiger partial charge >= 0.3 is 5.97 Å². The fourth-order valence-electron chi connectivity index (χ4n) is 1.34. The number of rotatable bonds is 4. The third kappa shape index (κ3) is 5.09. The lowest BCUT2D eigenvalue weighted by molar-refractivity contribution is -0.139. The van der Waals surface area contributed by atoms with Gasteiger partial charge < -0.3 is 15.7 Å². The molecule has 20 heavy (non-hydrogen) atoms. The predicted molar refractivity (Wildman–Crippen MR) is 75.4 cm³/mol. The van der Waals surface area contributed by atoms with Gasteiger partial charge in [0.25, 0.3) is 0 Å². The van der Waals surface area contributed by atoms with Crippen molar-refractivity contribution in [2.24, 2.45) is 5.41 Å². The summed E-state index contributed by atoms with van der Waals surface area (Å²) in [6.07, 6.45) is -0.599. The molecule has 0 aliphatic heterocycles. The summed E-state index contributed by atoms with van der Waals surface area (Å²) < 4.78 is 0. The number of nitrogens with one attached hydrogen (secondary N) is 2. The predicted octanol–water partition coefficient (Wildman–Crippen LogP) is 2.08. The second kappa shape index (κ2) is 6.18. The number of carboxylic acid groups (broad SMARTS) is 1. The minimum Gasteiger partial charge on any atom is -0.481 e. The minimum atomic E-state index is -1.19. The summed E-state index contributed by atoms with van der Waals surface area (Å²) in [5.74, 6) is -1.96. The van der Waals surface area contributed by atoms with Crippen LogP contribution in [0.15, 0.2) is 24.3 Å². The van der Waals surface area contributed by atoms with Crippen LogP contribution < -0.4 is 10.6 Å². The molecule has 0 spiro atoms. The van der Waals surface area contributed by atoms with Gasteiger partial charge in [-0.3, -0.25) is 14.4 Å². The van der Waals surface area contributed by atoms with Gasteiger partial charge in [-0.15, -0.1) is 0 Å². The Bertz CT molecular complexity index is 532. The Hall–Kier alpha value is -2.37. The molecule has 0 aliphatic carbocycles. The largest absolute Gasteiger partial charge is 0.481 e. The quantitative estimate of drug-likeness (QED) is 0.735. The molecular weight excluding hydrogens is 260 g/mol. The number of benzene rings is 1. The van der Waals surface area contributed by atoms with Gasteiger partial charge in [0, 0.05) is 16.8 Å². The molecule has 1 rings (SSSR count). The first-order valence-corrected chi connectivity index (χ1v) is 6.11. The molecule has 2 amide bonds. The van der Waals surface area contributed by atoms with E-state index in [0.717, 1.165) is 0 Å². The Balaban J connectivity index is 2.74. The summed E-state index contributed by atoms with van der Waals surface area (Å²) in [7, 11) is 0. The fraction of sp³-hybridized carbons (Fsp3) is 0.357. The summed E-state index contributed by atoms with van der Waals surface area (Å²) in [5, 5.41) is 13.7. The highest BCUT2D eigenvalue weighted by atomic mass is 16.4. The number of amides is 2. The lowest BCUT2D eigenvalue weighted by Gasteiger charge is -2.18. The van der Waals surface area contributed by atoms with Crippen molar-refractivity contribution in [2.75, 3.05) is 10.6 Å². The number of hydrogen-bond acceptors (Lipinski definition) is 3. The standard InChI is InChI=1S/C14H18N2O4/c1-14(2,3)13(20)16-10-6-4-5-9(7-10)15-11(17)8-12(18)19/h4-7H,8H2,1-3H3,(H,15,17)(H,16,20)(H,18,19). The Kier molecular flexibility index (Phi) is 4.85. The van der Waals surface area contributed by atoms with E-state index >= 15 is 0 Å². The van der Waals surface area contributed by atoms with Gasteiger partial charge in [-0.25, -0.2) is 0 Å². The molecule has 0 saturated carbocycles. The van der Waals surface area contributed by atoms with Crippen LogP contribution >= 0.6 is 0 Å². The molecule has 0 aromatic heterocycles. The van der Waals surface area contributed by atoms with Gasteiger partial charge in [-0.2, -0.15) is 0 Å². The number of carbonyl (C=O) groups is 3. The van der Waals surface area contributed by atoms with Gasteiger partial charge in [0.1, 0.15) is 6.42 Å². The van der Waals surface area contributed by atoms with Gasteiger partial charge in [-0.05, 0) is 18.2 Å². The smallest absolute Gasteiger partial charge is 0.312 e. The van der Waals surface area contributed by atoms with E-state index in [-0.39, 0.29) is 5.91 Å². The van der Waals surface area contributed by atoms with Crippen molar-refractivity contribution in [3.8, 4) is 0 Å². The molecule has 0 bridgehead atoms. The molecule has 6 nitrogen and oxygen atoms in total. The molecule has 6 heteroatoms. The number of aliphatic carboxylic acids is 1. The molecule has 108 valence electrons. The van der Waals surface area contributed by atoms with Crippen LogP contribution in [0.1, 0.15) is 27.2 Å². The van der Waals surface area contributed by atoms with Crippen LogP contribution in [-0.4, -0.2) is 22.9 Å². The Morgan fingerprint density at radius 1 is 1.10 bits per heavy atom. The molecule has 0 heterocycles. The zero-order chi connectivity index (χ0) is 15.3. The summed E-state index contributed by atoms with van der Waals surface area (Å²) in [5.41, 5.74) is 0.448. The molecule has 0 atom stereocenters. The van der Waals surface area contributed by atoms with E-state index in [4.69, 9.17) is 5.11 Å². The summed E-state index contributed by atoms with van der Waals surface area (Å²) in [6.45, 7) is 5.38. The average Bonchev–Trinajstić information content (AvgIpc) is 2.26. The highest BCUT2D eigenvalue weighted by Crippen LogP contribution is 2.20. The maximum Gasteiger partial charge on any atom is 0.312 e. The van der Waals surface area contributed by atoms with Crippen LogP contribution in [0.5, 0.6) is 0 Å². The molecule has 0 radical (unpaired) electrons. The van der Waals surface area contributed by atoms with Crippen LogP contribution in [0.4, 0.5) is 11.4 Å². The minimum absolute atomic E-state index is 0.147. The topological polar surface area (TPSA) is 95.5 Å². The molecule has 0 fully saturated rings. The second-order valence-corrected chi connectivity index (χ2v) is 5.40. The van der Waals surface area contributed by atoms with E-state index in [9.17, 15) is 14.4 Å². The van der Waals surface area contributed by atoms with E-state index in [2.05, 4.69) is 10.6 Å². The maximum atomic E-state index is 11.8. The number of carboxylic acids is 1. The summed E-state index contributed by atoms with van der Waals surface area (Å²) in [6, 6.07) is 6.54. The van der Waals surface area contributed by atoms with Crippen molar-refractivity contribution >= 4 is 29.2 Å². The first kappa shape index (κ1) is 15.7. The molecule has 1 aromatic carbocycles. The molecule has 1 aromatic rings. The lowest BCUT2D eigenvalue weighted by atomic mass is 9.95. The lowest BCUT2D eigenvalue weighted by Crippen LogP contribution is -2.27. The molecular formula is C14H18N2O4. The van der Waals surface area contributed by atoms with Crippen molar-refractivity contribution < 1.29 is 19.5 Å². The highest BCUT2D eigenvalue weighted by molar-refractivity contribution is 6.02. The van der Waals surface area contributed by atoms with Crippen molar-refractivity contribution in [2.45, 2.75) is 27.2 Å². The SMILES string of the molecule is CC(C)(C)C(=O)Nc1cccc(NC(=O)CC(=O)O)c1. The van der Waals surface area contributed by atoms with E-state index < -0.39 is 23.7 Å². The van der Waals surface area contributed by atoms with Crippen molar-refractivity contribution in [3.05, 3.63) is 24.3 Å². The Labute approximate surface area is 117 Å². The van der Waals surface area contributed by atoms with Crippen LogP contribution in [-0.2, 0) is 14.4 Å². The van der Waals surface area contributed by atoms with E-state index in [0.29, 0.717) is 11.4 Å². The van der Waals surface area contributed by atoms with Crippen LogP contribution in [0.25, 0.3) is 0 Å². The fourth-order valence-corrected chi connectivity index (χ4v) is 1.34. The molecule has 3 N–H and O–H groups in total. The summed E-state index contributed by atoms with van der Waals surface area (Å²) in [4.78, 5) is 33.6. The zero-order valence-electron chi connectivity index (χ0n) is 11.7. The van der Waals surface area contributed by atoms with Crippen molar-refractivity contribution in [1.29, 1.82) is 0 Å². The molecule has 0 unspecified atom stereocenters. The first-order chi connectivity index (χ1) is 9.18. The monoisotopic (exact) mass is 278 g/mol. The Morgan fingerprint density at radius 3 is 2.15 bits per heavy atom. The van der Waals surface area contributed by atoms with Gasteiger partial charge in [-0.1, -0.05) is 26.8 Å². The van der Waals surface area contributed by atoms with Crippen molar-refractivity contribution in [3.63, 3.8) is 0 Å². The molecule has 0 saturated heterocycles. The number of hydrogen-bond donors (Lipinski definition) is 3. The first-order valence-electron chi connectivity index (χ1n) is 6.11. The number of anilines is 2. The van der Waals surface area contributed by atoms with E-state index in [1.165, 1.54) is 0 Å². The number of carbonyl (C=O) groups excluding carboxylic acids is 2. The Morgan fingerprint density at radius 2 is 1.65 bits per heavy atom. The maximum absolute atomic E-state index is 11.8. The van der Waals surface area contributed by atoms with Gasteiger partial charge in [0.05, 0.1) is 0 Å². The van der Waals surface area contributed by atoms with Crippen molar-refractivity contribution in [1.82, 2.24) is 0 Å². The average molecular weight is 278 g/mol.